The zero-order chi connectivity index (χ0) is 12.5. The molecule has 0 saturated heterocycles. The van der Waals surface area contributed by atoms with Gasteiger partial charge in [0.2, 0.25) is 0 Å². The number of rotatable bonds is 4. The topological polar surface area (TPSA) is 108 Å². The zero-order valence-corrected chi connectivity index (χ0v) is 9.80. The minimum atomic E-state index is -3.85. The first-order valence-corrected chi connectivity index (χ1v) is 5.76. The van der Waals surface area contributed by atoms with E-state index in [0.717, 1.165) is 7.11 Å². The van der Waals surface area contributed by atoms with E-state index >= 15 is 0 Å². The summed E-state index contributed by atoms with van der Waals surface area (Å²) in [6.45, 7) is 2.89. The van der Waals surface area contributed by atoms with Crippen molar-refractivity contribution in [3.05, 3.63) is 17.0 Å². The summed E-state index contributed by atoms with van der Waals surface area (Å²) in [7, 11) is -2.69. The molecule has 1 heterocycles. The van der Waals surface area contributed by atoms with Crippen LogP contribution in [0.5, 0.6) is 0 Å². The van der Waals surface area contributed by atoms with Gasteiger partial charge in [-0.3, -0.25) is 4.84 Å². The number of aromatic amines is 1. The van der Waals surface area contributed by atoms with E-state index in [1.807, 2.05) is 4.89 Å². The first-order valence-electron chi connectivity index (χ1n) is 4.28. The summed E-state index contributed by atoms with van der Waals surface area (Å²) in [5.74, 6) is -1.21. The molecule has 8 heteroatoms. The normalized spacial score (nSPS) is 11.7. The number of carbonyl (C=O) groups is 1. The number of aromatic nitrogens is 1. The zero-order valence-electron chi connectivity index (χ0n) is 8.99. The molecular weight excluding hydrogens is 236 g/mol. The molecule has 0 aliphatic carbocycles. The number of hydrogen-bond donors (Lipinski definition) is 3. The van der Waals surface area contributed by atoms with Gasteiger partial charge in [-0.05, 0) is 13.8 Å². The van der Waals surface area contributed by atoms with E-state index in [4.69, 9.17) is 5.11 Å². The minimum absolute atomic E-state index is 0.105. The number of aromatic carboxylic acids is 1. The van der Waals surface area contributed by atoms with Gasteiger partial charge in [-0.15, -0.1) is 0 Å². The van der Waals surface area contributed by atoms with Crippen LogP contribution in [0.15, 0.2) is 4.90 Å². The average molecular weight is 248 g/mol. The highest BCUT2D eigenvalue weighted by atomic mass is 32.2. The van der Waals surface area contributed by atoms with E-state index in [1.54, 1.807) is 0 Å². The van der Waals surface area contributed by atoms with Crippen molar-refractivity contribution in [2.24, 2.45) is 0 Å². The van der Waals surface area contributed by atoms with Gasteiger partial charge < -0.3 is 10.1 Å². The molecule has 90 valence electrons. The SMILES string of the molecule is CONS(=O)(=O)c1c(C)[nH]c(C(=O)O)c1C. The second kappa shape index (κ2) is 4.24. The average Bonchev–Trinajstić information content (AvgIpc) is 2.41. The standard InChI is InChI=1S/C8H12N2O5S/c1-4-6(8(11)12)9-5(2)7(4)16(13,14)10-15-3/h9-10H,1-3H3,(H,11,12). The molecule has 1 rings (SSSR count). The van der Waals surface area contributed by atoms with Crippen LogP contribution < -0.4 is 4.89 Å². The Labute approximate surface area is 92.4 Å². The van der Waals surface area contributed by atoms with Gasteiger partial charge in [0, 0.05) is 11.3 Å². The Bertz CT molecular complexity index is 517. The molecule has 1 aromatic heterocycles. The number of carboxylic acids is 1. The molecule has 0 spiro atoms. The summed E-state index contributed by atoms with van der Waals surface area (Å²) < 4.78 is 23.3. The number of carboxylic acid groups (broad SMARTS) is 1. The fraction of sp³-hybridized carbons (Fsp3) is 0.375. The third-order valence-electron chi connectivity index (χ3n) is 2.04. The third-order valence-corrected chi connectivity index (χ3v) is 3.58. The van der Waals surface area contributed by atoms with Crippen LogP contribution in [-0.4, -0.2) is 31.6 Å². The van der Waals surface area contributed by atoms with Crippen LogP contribution in [0, 0.1) is 13.8 Å². The Morgan fingerprint density at radius 2 is 2.00 bits per heavy atom. The number of hydrogen-bond acceptors (Lipinski definition) is 4. The van der Waals surface area contributed by atoms with Gasteiger partial charge in [-0.2, -0.15) is 0 Å². The number of sulfonamides is 1. The summed E-state index contributed by atoms with van der Waals surface area (Å²) >= 11 is 0. The Morgan fingerprint density at radius 3 is 2.38 bits per heavy atom. The molecule has 0 aliphatic heterocycles. The molecular formula is C8H12N2O5S. The van der Waals surface area contributed by atoms with Crippen LogP contribution >= 0.6 is 0 Å². The minimum Gasteiger partial charge on any atom is -0.477 e. The summed E-state index contributed by atoms with van der Waals surface area (Å²) in [5.41, 5.74) is 0.253. The largest absolute Gasteiger partial charge is 0.477 e. The Morgan fingerprint density at radius 1 is 1.44 bits per heavy atom. The lowest BCUT2D eigenvalue weighted by atomic mass is 10.2. The van der Waals surface area contributed by atoms with Gasteiger partial charge in [0.05, 0.1) is 7.11 Å². The van der Waals surface area contributed by atoms with Crippen LogP contribution in [0.3, 0.4) is 0 Å². The van der Waals surface area contributed by atoms with Crippen molar-refractivity contribution in [1.29, 1.82) is 0 Å². The predicted molar refractivity (Wildman–Crippen MR) is 54.6 cm³/mol. The summed E-state index contributed by atoms with van der Waals surface area (Å²) in [6, 6.07) is 0. The number of H-pyrrole nitrogens is 1. The van der Waals surface area contributed by atoms with E-state index in [0.29, 0.717) is 0 Å². The van der Waals surface area contributed by atoms with Gasteiger partial charge in [0.15, 0.2) is 0 Å². The second-order valence-electron chi connectivity index (χ2n) is 3.18. The van der Waals surface area contributed by atoms with Crippen molar-refractivity contribution in [3.63, 3.8) is 0 Å². The van der Waals surface area contributed by atoms with Crippen molar-refractivity contribution in [2.45, 2.75) is 18.7 Å². The second-order valence-corrected chi connectivity index (χ2v) is 4.76. The maximum absolute atomic E-state index is 11.7. The van der Waals surface area contributed by atoms with Crippen molar-refractivity contribution >= 4 is 16.0 Å². The lowest BCUT2D eigenvalue weighted by molar-refractivity contribution is 0.0690. The maximum atomic E-state index is 11.7. The first kappa shape index (κ1) is 12.7. The smallest absolute Gasteiger partial charge is 0.352 e. The van der Waals surface area contributed by atoms with Crippen LogP contribution in [-0.2, 0) is 14.9 Å². The van der Waals surface area contributed by atoms with E-state index in [-0.39, 0.29) is 21.8 Å². The Balaban J connectivity index is 3.41. The lowest BCUT2D eigenvalue weighted by Crippen LogP contribution is -2.23. The van der Waals surface area contributed by atoms with Gasteiger partial charge >= 0.3 is 5.97 Å². The van der Waals surface area contributed by atoms with Crippen LogP contribution in [0.4, 0.5) is 0 Å². The molecule has 1 aromatic rings. The molecule has 3 N–H and O–H groups in total. The molecule has 0 saturated carbocycles. The molecule has 0 radical (unpaired) electrons. The Hall–Kier alpha value is -1.38. The highest BCUT2D eigenvalue weighted by Gasteiger charge is 2.26. The van der Waals surface area contributed by atoms with Crippen LogP contribution in [0.2, 0.25) is 0 Å². The maximum Gasteiger partial charge on any atom is 0.352 e. The molecule has 16 heavy (non-hydrogen) atoms. The fourth-order valence-corrected chi connectivity index (χ4v) is 2.76. The molecule has 0 fully saturated rings. The first-order chi connectivity index (χ1) is 7.31. The van der Waals surface area contributed by atoms with E-state index in [9.17, 15) is 13.2 Å². The highest BCUT2D eigenvalue weighted by Crippen LogP contribution is 2.22. The monoisotopic (exact) mass is 248 g/mol. The van der Waals surface area contributed by atoms with Crippen molar-refractivity contribution in [2.75, 3.05) is 7.11 Å². The number of aryl methyl sites for hydroxylation is 1. The van der Waals surface area contributed by atoms with Gasteiger partial charge in [-0.1, -0.05) is 4.89 Å². The van der Waals surface area contributed by atoms with E-state index in [1.165, 1.54) is 13.8 Å². The predicted octanol–water partition coefficient (Wildman–Crippen LogP) is 0.169. The third kappa shape index (κ3) is 2.08. The summed E-state index contributed by atoms with van der Waals surface area (Å²) in [4.78, 5) is 19.4. The van der Waals surface area contributed by atoms with Crippen molar-refractivity contribution in [1.82, 2.24) is 9.87 Å². The van der Waals surface area contributed by atoms with Gasteiger partial charge in [0.1, 0.15) is 10.6 Å². The quantitative estimate of drug-likeness (QED) is 0.658. The molecule has 0 atom stereocenters. The molecule has 0 bridgehead atoms. The lowest BCUT2D eigenvalue weighted by Gasteiger charge is -2.04. The van der Waals surface area contributed by atoms with E-state index in [2.05, 4.69) is 9.82 Å². The molecule has 0 amide bonds. The van der Waals surface area contributed by atoms with Crippen LogP contribution in [0.1, 0.15) is 21.7 Å². The van der Waals surface area contributed by atoms with Crippen LogP contribution in [0.25, 0.3) is 0 Å². The summed E-state index contributed by atoms with van der Waals surface area (Å²) in [5, 5.41) is 8.82. The highest BCUT2D eigenvalue weighted by molar-refractivity contribution is 7.89. The Kier molecular flexibility index (Phi) is 3.36. The molecule has 7 nitrogen and oxygen atoms in total. The van der Waals surface area contributed by atoms with Gasteiger partial charge in [0.25, 0.3) is 10.0 Å². The summed E-state index contributed by atoms with van der Waals surface area (Å²) in [6.07, 6.45) is 0. The molecule has 0 aromatic carbocycles. The number of nitrogens with one attached hydrogen (secondary N) is 2. The molecule has 0 aliphatic rings. The molecule has 0 unspecified atom stereocenters. The van der Waals surface area contributed by atoms with Crippen molar-refractivity contribution < 1.29 is 23.2 Å². The van der Waals surface area contributed by atoms with Crippen molar-refractivity contribution in [3.8, 4) is 0 Å². The van der Waals surface area contributed by atoms with Gasteiger partial charge in [-0.25, -0.2) is 13.2 Å². The van der Waals surface area contributed by atoms with E-state index < -0.39 is 16.0 Å². The fourth-order valence-electron chi connectivity index (χ4n) is 1.50.